The summed E-state index contributed by atoms with van der Waals surface area (Å²) < 4.78 is 6.31. The number of aromatic nitrogens is 2. The molecule has 0 saturated carbocycles. The second-order valence-corrected chi connectivity index (χ2v) is 6.42. The van der Waals surface area contributed by atoms with Crippen LogP contribution in [0.15, 0.2) is 10.7 Å². The van der Waals surface area contributed by atoms with Crippen molar-refractivity contribution in [1.29, 1.82) is 0 Å². The molecule has 2 N–H and O–H groups in total. The number of H-pyrrole nitrogens is 1. The lowest BCUT2D eigenvalue weighted by Gasteiger charge is -2.34. The summed E-state index contributed by atoms with van der Waals surface area (Å²) in [5.74, 6) is 0. The lowest BCUT2D eigenvalue weighted by atomic mass is 10.1. The number of hydrogen-bond donors (Lipinski definition) is 2. The molecular weight excluding hydrogens is 312 g/mol. The molecule has 1 aliphatic heterocycles. The molecule has 1 fully saturated rings. The van der Waals surface area contributed by atoms with Crippen LogP contribution < -0.4 is 5.32 Å². The average Bonchev–Trinajstić information content (AvgIpc) is 2.73. The maximum Gasteiger partial charge on any atom is 0.410 e. The number of rotatable bonds is 1. The number of aromatic amines is 1. The molecule has 7 heteroatoms. The summed E-state index contributed by atoms with van der Waals surface area (Å²) in [5, 5.41) is 10.3. The molecule has 1 amide bonds. The Labute approximate surface area is 121 Å². The number of hydrogen-bond acceptors (Lipinski definition) is 4. The molecule has 1 atom stereocenters. The molecule has 6 nitrogen and oxygen atoms in total. The van der Waals surface area contributed by atoms with E-state index in [0.717, 1.165) is 16.7 Å². The lowest BCUT2D eigenvalue weighted by Crippen LogP contribution is -2.49. The molecule has 0 radical (unpaired) electrons. The van der Waals surface area contributed by atoms with Gasteiger partial charge in [0.2, 0.25) is 0 Å². The van der Waals surface area contributed by atoms with Crippen molar-refractivity contribution in [3.8, 4) is 0 Å². The summed E-state index contributed by atoms with van der Waals surface area (Å²) in [6.45, 7) is 7.56. The Morgan fingerprint density at radius 1 is 1.58 bits per heavy atom. The predicted molar refractivity (Wildman–Crippen MR) is 74.8 cm³/mol. The molecule has 0 spiro atoms. The molecule has 0 aliphatic carbocycles. The minimum atomic E-state index is -0.466. The van der Waals surface area contributed by atoms with Crippen LogP contribution in [-0.4, -0.2) is 46.4 Å². The summed E-state index contributed by atoms with van der Waals surface area (Å²) >= 11 is 3.44. The molecule has 1 unspecified atom stereocenters. The second kappa shape index (κ2) is 5.50. The van der Waals surface area contributed by atoms with Gasteiger partial charge in [-0.3, -0.25) is 5.10 Å². The van der Waals surface area contributed by atoms with Gasteiger partial charge in [-0.2, -0.15) is 5.10 Å². The van der Waals surface area contributed by atoms with Gasteiger partial charge in [0.25, 0.3) is 0 Å². The zero-order valence-corrected chi connectivity index (χ0v) is 13.0. The highest BCUT2D eigenvalue weighted by Gasteiger charge is 2.29. The SMILES string of the molecule is CC(C)(C)OC(=O)N1CCNC(c2[nH]ncc2Br)C1. The van der Waals surface area contributed by atoms with Crippen molar-refractivity contribution in [2.45, 2.75) is 32.4 Å². The monoisotopic (exact) mass is 330 g/mol. The molecule has 0 bridgehead atoms. The van der Waals surface area contributed by atoms with Crippen LogP contribution in [0.25, 0.3) is 0 Å². The van der Waals surface area contributed by atoms with Crippen LogP contribution in [0.2, 0.25) is 0 Å². The van der Waals surface area contributed by atoms with Crippen molar-refractivity contribution in [1.82, 2.24) is 20.4 Å². The summed E-state index contributed by atoms with van der Waals surface area (Å²) in [6, 6.07) is 0.0399. The van der Waals surface area contributed by atoms with E-state index >= 15 is 0 Å². The van der Waals surface area contributed by atoms with E-state index in [0.29, 0.717) is 13.1 Å². The first-order valence-corrected chi connectivity index (χ1v) is 7.06. The fourth-order valence-corrected chi connectivity index (χ4v) is 2.43. The first kappa shape index (κ1) is 14.3. The molecule has 0 aromatic carbocycles. The highest BCUT2D eigenvalue weighted by molar-refractivity contribution is 9.10. The largest absolute Gasteiger partial charge is 0.444 e. The van der Waals surface area contributed by atoms with E-state index in [1.807, 2.05) is 20.8 Å². The van der Waals surface area contributed by atoms with E-state index in [2.05, 4.69) is 31.4 Å². The van der Waals surface area contributed by atoms with Gasteiger partial charge in [0.1, 0.15) is 5.60 Å². The van der Waals surface area contributed by atoms with E-state index < -0.39 is 5.60 Å². The van der Waals surface area contributed by atoms with E-state index in [1.54, 1.807) is 11.1 Å². The molecular formula is C12H19BrN4O2. The first-order chi connectivity index (χ1) is 8.87. The first-order valence-electron chi connectivity index (χ1n) is 6.27. The third kappa shape index (κ3) is 3.70. The van der Waals surface area contributed by atoms with Crippen molar-refractivity contribution in [2.24, 2.45) is 0 Å². The molecule has 1 aromatic rings. The maximum absolute atomic E-state index is 12.1. The number of amides is 1. The Bertz CT molecular complexity index is 455. The number of nitrogens with one attached hydrogen (secondary N) is 2. The molecule has 1 aromatic heterocycles. The molecule has 2 rings (SSSR count). The third-order valence-electron chi connectivity index (χ3n) is 2.80. The molecule has 1 saturated heterocycles. The van der Waals surface area contributed by atoms with Gasteiger partial charge in [0.05, 0.1) is 22.4 Å². The standard InChI is InChI=1S/C12H19BrN4O2/c1-12(2,3)19-11(18)17-5-4-14-9(7-17)10-8(13)6-15-16-10/h6,9,14H,4-5,7H2,1-3H3,(H,15,16). The molecule has 106 valence electrons. The Hall–Kier alpha value is -1.08. The maximum atomic E-state index is 12.1. The van der Waals surface area contributed by atoms with Gasteiger partial charge in [-0.1, -0.05) is 0 Å². The van der Waals surface area contributed by atoms with Gasteiger partial charge in [-0.05, 0) is 36.7 Å². The van der Waals surface area contributed by atoms with Crippen molar-refractivity contribution in [2.75, 3.05) is 19.6 Å². The van der Waals surface area contributed by atoms with Gasteiger partial charge >= 0.3 is 6.09 Å². The van der Waals surface area contributed by atoms with Crippen LogP contribution in [0.3, 0.4) is 0 Å². The zero-order chi connectivity index (χ0) is 14.0. The molecule has 1 aliphatic rings. The van der Waals surface area contributed by atoms with Crippen LogP contribution in [0, 0.1) is 0 Å². The highest BCUT2D eigenvalue weighted by Crippen LogP contribution is 2.23. The van der Waals surface area contributed by atoms with E-state index in [4.69, 9.17) is 4.74 Å². The van der Waals surface area contributed by atoms with Crippen LogP contribution in [0.1, 0.15) is 32.5 Å². The summed E-state index contributed by atoms with van der Waals surface area (Å²) in [4.78, 5) is 13.8. The van der Waals surface area contributed by atoms with Crippen LogP contribution in [0.5, 0.6) is 0 Å². The number of carbonyl (C=O) groups is 1. The van der Waals surface area contributed by atoms with Crippen molar-refractivity contribution >= 4 is 22.0 Å². The Balaban J connectivity index is 2.01. The highest BCUT2D eigenvalue weighted by atomic mass is 79.9. The van der Waals surface area contributed by atoms with Gasteiger partial charge in [-0.15, -0.1) is 0 Å². The number of piperazine rings is 1. The fourth-order valence-electron chi connectivity index (χ4n) is 1.96. The van der Waals surface area contributed by atoms with Gasteiger partial charge in [0, 0.05) is 19.6 Å². The minimum Gasteiger partial charge on any atom is -0.444 e. The summed E-state index contributed by atoms with van der Waals surface area (Å²) in [7, 11) is 0. The number of carbonyl (C=O) groups excluding carboxylic acids is 1. The Kier molecular flexibility index (Phi) is 4.15. The number of ether oxygens (including phenoxy) is 1. The summed E-state index contributed by atoms with van der Waals surface area (Å²) in [5.41, 5.74) is 0.486. The fraction of sp³-hybridized carbons (Fsp3) is 0.667. The van der Waals surface area contributed by atoms with Crippen molar-refractivity contribution in [3.63, 3.8) is 0 Å². The topological polar surface area (TPSA) is 70.2 Å². The zero-order valence-electron chi connectivity index (χ0n) is 11.4. The number of nitrogens with zero attached hydrogens (tertiary/aromatic N) is 2. The van der Waals surface area contributed by atoms with E-state index in [-0.39, 0.29) is 12.1 Å². The predicted octanol–water partition coefficient (Wildman–Crippen LogP) is 2.05. The molecule has 19 heavy (non-hydrogen) atoms. The van der Waals surface area contributed by atoms with Crippen molar-refractivity contribution < 1.29 is 9.53 Å². The third-order valence-corrected chi connectivity index (χ3v) is 3.43. The van der Waals surface area contributed by atoms with Gasteiger partial charge in [-0.25, -0.2) is 4.79 Å². The second-order valence-electron chi connectivity index (χ2n) is 5.56. The quantitative estimate of drug-likeness (QED) is 0.826. The Morgan fingerprint density at radius 2 is 2.32 bits per heavy atom. The van der Waals surface area contributed by atoms with Crippen LogP contribution in [0.4, 0.5) is 4.79 Å². The van der Waals surface area contributed by atoms with Gasteiger partial charge < -0.3 is 15.0 Å². The lowest BCUT2D eigenvalue weighted by molar-refractivity contribution is 0.0193. The van der Waals surface area contributed by atoms with Crippen molar-refractivity contribution in [3.05, 3.63) is 16.4 Å². The minimum absolute atomic E-state index is 0.0399. The smallest absolute Gasteiger partial charge is 0.410 e. The Morgan fingerprint density at radius 3 is 2.89 bits per heavy atom. The van der Waals surface area contributed by atoms with E-state index in [1.165, 1.54) is 0 Å². The normalized spacial score (nSPS) is 20.4. The van der Waals surface area contributed by atoms with E-state index in [9.17, 15) is 4.79 Å². The average molecular weight is 331 g/mol. The molecule has 2 heterocycles. The number of halogens is 1. The van der Waals surface area contributed by atoms with Crippen LogP contribution in [-0.2, 0) is 4.74 Å². The van der Waals surface area contributed by atoms with Crippen LogP contribution >= 0.6 is 15.9 Å². The summed E-state index contributed by atoms with van der Waals surface area (Å²) in [6.07, 6.45) is 1.44. The van der Waals surface area contributed by atoms with Gasteiger partial charge in [0.15, 0.2) is 0 Å².